The number of nitro groups is 1. The number of aromatic hydroxyl groups is 1. The summed E-state index contributed by atoms with van der Waals surface area (Å²) in [5, 5.41) is 21.6. The Balaban J connectivity index is 3.33. The number of hydrogen-bond donors (Lipinski definition) is 2. The summed E-state index contributed by atoms with van der Waals surface area (Å²) in [6, 6.07) is 0.326. The number of nitrogens with one attached hydrogen (secondary N) is 1. The van der Waals surface area contributed by atoms with Crippen molar-refractivity contribution in [1.82, 2.24) is 4.98 Å². The number of halogens is 2. The standard InChI is InChI=1S/C10H3F2N3O6/c11-2-1-3-4(7(5(2)12)15(20)21)8(16)6(14-19)9(17)10(18)13-3/h1,16H,(H,13,17,18). The van der Waals surface area contributed by atoms with Crippen LogP contribution in [0.2, 0.25) is 0 Å². The van der Waals surface area contributed by atoms with Gasteiger partial charge in [0.1, 0.15) is 5.39 Å². The number of rotatable bonds is 2. The summed E-state index contributed by atoms with van der Waals surface area (Å²) in [6.45, 7) is 0. The molecule has 0 bridgehead atoms. The van der Waals surface area contributed by atoms with Crippen LogP contribution in [0.1, 0.15) is 0 Å². The highest BCUT2D eigenvalue weighted by Gasteiger charge is 2.28. The number of aromatic nitrogens is 1. The molecule has 108 valence electrons. The maximum Gasteiger partial charge on any atom is 0.320 e. The number of benzene rings is 1. The number of hydrogen-bond acceptors (Lipinski definition) is 7. The van der Waals surface area contributed by atoms with Gasteiger partial charge in [-0.15, -0.1) is 4.91 Å². The van der Waals surface area contributed by atoms with Gasteiger partial charge in [0.05, 0.1) is 10.4 Å². The molecule has 0 unspecified atom stereocenters. The number of nitroso groups, excluding NO2 is 1. The van der Waals surface area contributed by atoms with Crippen molar-refractivity contribution in [3.63, 3.8) is 0 Å². The maximum absolute atomic E-state index is 13.5. The molecule has 2 N–H and O–H groups in total. The van der Waals surface area contributed by atoms with E-state index in [9.17, 15) is 38.5 Å². The van der Waals surface area contributed by atoms with Crippen molar-refractivity contribution in [3.05, 3.63) is 53.3 Å². The fraction of sp³-hybridized carbons (Fsp3) is 0. The highest BCUT2D eigenvalue weighted by molar-refractivity contribution is 5.95. The van der Waals surface area contributed by atoms with E-state index in [1.54, 1.807) is 4.98 Å². The zero-order valence-corrected chi connectivity index (χ0v) is 9.72. The smallest absolute Gasteiger partial charge is 0.320 e. The molecule has 0 saturated carbocycles. The fourth-order valence-electron chi connectivity index (χ4n) is 1.72. The van der Waals surface area contributed by atoms with Crippen molar-refractivity contribution in [2.24, 2.45) is 5.18 Å². The van der Waals surface area contributed by atoms with E-state index in [1.165, 1.54) is 0 Å². The van der Waals surface area contributed by atoms with E-state index in [0.29, 0.717) is 6.07 Å². The van der Waals surface area contributed by atoms with Gasteiger partial charge in [-0.25, -0.2) is 4.39 Å². The predicted octanol–water partition coefficient (Wildman–Crippen LogP) is 1.18. The summed E-state index contributed by atoms with van der Waals surface area (Å²) in [5.41, 5.74) is -6.72. The van der Waals surface area contributed by atoms with Gasteiger partial charge in [-0.05, 0) is 5.18 Å². The first-order valence-corrected chi connectivity index (χ1v) is 5.08. The number of H-pyrrole nitrogens is 1. The minimum Gasteiger partial charge on any atom is -0.505 e. The third kappa shape index (κ3) is 2.00. The molecule has 0 fully saturated rings. The van der Waals surface area contributed by atoms with Crippen LogP contribution in [0.3, 0.4) is 0 Å². The maximum atomic E-state index is 13.5. The molecule has 0 spiro atoms. The zero-order valence-electron chi connectivity index (χ0n) is 9.72. The molecule has 1 heterocycles. The summed E-state index contributed by atoms with van der Waals surface area (Å²) in [6.07, 6.45) is 0. The molecule has 11 heteroatoms. The quantitative estimate of drug-likeness (QED) is 0.369. The molecule has 0 amide bonds. The van der Waals surface area contributed by atoms with Gasteiger partial charge < -0.3 is 10.1 Å². The highest BCUT2D eigenvalue weighted by Crippen LogP contribution is 2.37. The Hall–Kier alpha value is -3.24. The van der Waals surface area contributed by atoms with Crippen molar-refractivity contribution >= 4 is 22.3 Å². The van der Waals surface area contributed by atoms with Gasteiger partial charge in [0.2, 0.25) is 11.5 Å². The molecule has 0 saturated heterocycles. The van der Waals surface area contributed by atoms with Crippen molar-refractivity contribution in [3.8, 4) is 5.75 Å². The Morgan fingerprint density at radius 3 is 2.48 bits per heavy atom. The largest absolute Gasteiger partial charge is 0.505 e. The summed E-state index contributed by atoms with van der Waals surface area (Å²) in [7, 11) is 0. The lowest BCUT2D eigenvalue weighted by atomic mass is 10.1. The van der Waals surface area contributed by atoms with Crippen LogP contribution in [0.15, 0.2) is 20.8 Å². The number of nitrogens with zero attached hydrogens (tertiary/aromatic N) is 2. The highest BCUT2D eigenvalue weighted by atomic mass is 19.2. The van der Waals surface area contributed by atoms with Crippen molar-refractivity contribution in [1.29, 1.82) is 0 Å². The van der Waals surface area contributed by atoms with Crippen molar-refractivity contribution < 1.29 is 18.8 Å². The number of fused-ring (bicyclic) bond motifs is 1. The van der Waals surface area contributed by atoms with Crippen LogP contribution in [0.4, 0.5) is 20.2 Å². The van der Waals surface area contributed by atoms with Crippen LogP contribution in [0, 0.1) is 26.7 Å². The van der Waals surface area contributed by atoms with Crippen LogP contribution >= 0.6 is 0 Å². The van der Waals surface area contributed by atoms with Crippen LogP contribution in [-0.2, 0) is 0 Å². The molecule has 0 aliphatic carbocycles. The second-order valence-corrected chi connectivity index (χ2v) is 3.77. The molecule has 9 nitrogen and oxygen atoms in total. The topological polar surface area (TPSA) is 143 Å². The Morgan fingerprint density at radius 1 is 1.33 bits per heavy atom. The zero-order chi connectivity index (χ0) is 15.9. The lowest BCUT2D eigenvalue weighted by Gasteiger charge is -2.01. The van der Waals surface area contributed by atoms with E-state index in [-0.39, 0.29) is 0 Å². The first kappa shape index (κ1) is 14.2. The Bertz CT molecular complexity index is 923. The monoisotopic (exact) mass is 299 g/mol. The SMILES string of the molecule is O=Nc1c(O)c2c([N+](=O)[O-])c(F)c(F)cc2[nH]c(=O)c1=O. The van der Waals surface area contributed by atoms with Crippen molar-refractivity contribution in [2.75, 3.05) is 0 Å². The molecule has 0 radical (unpaired) electrons. The normalized spacial score (nSPS) is 10.6. The van der Waals surface area contributed by atoms with Gasteiger partial charge in [-0.2, -0.15) is 4.39 Å². The van der Waals surface area contributed by atoms with Gasteiger partial charge >= 0.3 is 5.69 Å². The summed E-state index contributed by atoms with van der Waals surface area (Å²) < 4.78 is 26.8. The molecule has 1 aromatic carbocycles. The first-order valence-electron chi connectivity index (χ1n) is 5.08. The Kier molecular flexibility index (Phi) is 3.17. The molecule has 1 aromatic heterocycles. The molecular formula is C10H3F2N3O6. The van der Waals surface area contributed by atoms with Gasteiger partial charge in [-0.3, -0.25) is 19.7 Å². The van der Waals surface area contributed by atoms with E-state index in [0.717, 1.165) is 0 Å². The predicted molar refractivity (Wildman–Crippen MR) is 64.5 cm³/mol. The third-order valence-corrected chi connectivity index (χ3v) is 2.60. The Labute approximate surface area is 111 Å². The second kappa shape index (κ2) is 4.70. The molecule has 0 aliphatic heterocycles. The molecular weight excluding hydrogens is 296 g/mol. The van der Waals surface area contributed by atoms with Gasteiger partial charge in [0.15, 0.2) is 11.6 Å². The number of nitro benzene ring substituents is 1. The Morgan fingerprint density at radius 2 is 1.95 bits per heavy atom. The summed E-state index contributed by atoms with van der Waals surface area (Å²) in [5.74, 6) is -5.02. The van der Waals surface area contributed by atoms with Gasteiger partial charge in [0, 0.05) is 6.07 Å². The van der Waals surface area contributed by atoms with Crippen LogP contribution in [0.25, 0.3) is 10.9 Å². The number of aromatic amines is 1. The molecule has 0 aliphatic rings. The average molecular weight is 299 g/mol. The summed E-state index contributed by atoms with van der Waals surface area (Å²) in [4.78, 5) is 44.5. The lowest BCUT2D eigenvalue weighted by Crippen LogP contribution is -2.22. The third-order valence-electron chi connectivity index (χ3n) is 2.60. The van der Waals surface area contributed by atoms with E-state index in [1.807, 2.05) is 0 Å². The van der Waals surface area contributed by atoms with Gasteiger partial charge in [-0.1, -0.05) is 0 Å². The molecule has 21 heavy (non-hydrogen) atoms. The lowest BCUT2D eigenvalue weighted by molar-refractivity contribution is -0.386. The van der Waals surface area contributed by atoms with Crippen molar-refractivity contribution in [2.45, 2.75) is 0 Å². The minimum atomic E-state index is -1.93. The second-order valence-electron chi connectivity index (χ2n) is 3.77. The average Bonchev–Trinajstić information content (AvgIpc) is 2.49. The summed E-state index contributed by atoms with van der Waals surface area (Å²) >= 11 is 0. The van der Waals surface area contributed by atoms with Crippen LogP contribution < -0.4 is 11.0 Å². The molecule has 2 aromatic rings. The fourth-order valence-corrected chi connectivity index (χ4v) is 1.72. The first-order chi connectivity index (χ1) is 9.79. The van der Waals surface area contributed by atoms with E-state index < -0.39 is 55.6 Å². The van der Waals surface area contributed by atoms with Gasteiger partial charge in [0.25, 0.3) is 11.0 Å². The van der Waals surface area contributed by atoms with Crippen LogP contribution in [0.5, 0.6) is 5.75 Å². The van der Waals surface area contributed by atoms with E-state index >= 15 is 0 Å². The van der Waals surface area contributed by atoms with Crippen LogP contribution in [-0.4, -0.2) is 15.0 Å². The molecule has 0 atom stereocenters. The molecule has 2 rings (SSSR count). The van der Waals surface area contributed by atoms with E-state index in [4.69, 9.17) is 0 Å². The van der Waals surface area contributed by atoms with E-state index in [2.05, 4.69) is 5.18 Å². The minimum absolute atomic E-state index is 0.326.